The standard InChI is InChI=1S/C16H28N6O3S.HI/c1-17-16(18-8-13-4-5-22(10-13)26(3,23)24)21-6-7-25-15(12-21)14-9-19-20(2)11-14;/h9,11,13,15H,4-8,10,12H2,1-3H3,(H,17,18);1H. The molecule has 1 aromatic rings. The van der Waals surface area contributed by atoms with Gasteiger partial charge in [-0.05, 0) is 12.3 Å². The maximum absolute atomic E-state index is 11.6. The number of aliphatic imine (C=N–C) groups is 1. The molecule has 2 aliphatic rings. The van der Waals surface area contributed by atoms with Gasteiger partial charge in [0.2, 0.25) is 10.0 Å². The van der Waals surface area contributed by atoms with Crippen molar-refractivity contribution in [3.63, 3.8) is 0 Å². The molecule has 154 valence electrons. The second kappa shape index (κ2) is 9.52. The zero-order valence-corrected chi connectivity index (χ0v) is 19.2. The molecular weight excluding hydrogens is 483 g/mol. The Bertz CT molecular complexity index is 753. The van der Waals surface area contributed by atoms with Crippen LogP contribution in [0.5, 0.6) is 0 Å². The van der Waals surface area contributed by atoms with Crippen molar-refractivity contribution in [1.29, 1.82) is 0 Å². The molecule has 0 spiro atoms. The molecule has 2 unspecified atom stereocenters. The van der Waals surface area contributed by atoms with E-state index in [1.165, 1.54) is 6.26 Å². The van der Waals surface area contributed by atoms with Gasteiger partial charge in [0.05, 0.1) is 25.6 Å². The van der Waals surface area contributed by atoms with Crippen molar-refractivity contribution in [2.45, 2.75) is 12.5 Å². The third-order valence-electron chi connectivity index (χ3n) is 4.94. The maximum atomic E-state index is 11.6. The lowest BCUT2D eigenvalue weighted by molar-refractivity contribution is -0.00807. The van der Waals surface area contributed by atoms with Crippen molar-refractivity contribution in [3.8, 4) is 0 Å². The minimum atomic E-state index is -3.10. The highest BCUT2D eigenvalue weighted by Gasteiger charge is 2.29. The van der Waals surface area contributed by atoms with Gasteiger partial charge in [-0.3, -0.25) is 9.67 Å². The van der Waals surface area contributed by atoms with Crippen molar-refractivity contribution in [2.75, 3.05) is 52.6 Å². The number of ether oxygens (including phenoxy) is 1. The summed E-state index contributed by atoms with van der Waals surface area (Å²) in [5, 5.41) is 7.62. The van der Waals surface area contributed by atoms with Crippen LogP contribution in [-0.4, -0.2) is 86.0 Å². The lowest BCUT2D eigenvalue weighted by atomic mass is 10.1. The predicted molar refractivity (Wildman–Crippen MR) is 115 cm³/mol. The second-order valence-corrected chi connectivity index (χ2v) is 8.94. The number of halogens is 1. The Morgan fingerprint density at radius 1 is 1.41 bits per heavy atom. The first-order chi connectivity index (χ1) is 12.4. The lowest BCUT2D eigenvalue weighted by Gasteiger charge is -2.35. The van der Waals surface area contributed by atoms with Crippen LogP contribution in [0.25, 0.3) is 0 Å². The summed E-state index contributed by atoms with van der Waals surface area (Å²) in [7, 11) is 0.571. The average molecular weight is 512 g/mol. The van der Waals surface area contributed by atoms with Crippen molar-refractivity contribution >= 4 is 40.0 Å². The topological polar surface area (TPSA) is 92.1 Å². The molecule has 0 radical (unpaired) electrons. The van der Waals surface area contributed by atoms with Crippen molar-refractivity contribution in [1.82, 2.24) is 24.3 Å². The van der Waals surface area contributed by atoms with E-state index in [0.29, 0.717) is 38.7 Å². The van der Waals surface area contributed by atoms with E-state index in [0.717, 1.165) is 24.5 Å². The summed E-state index contributed by atoms with van der Waals surface area (Å²) in [6.45, 7) is 4.01. The van der Waals surface area contributed by atoms with E-state index < -0.39 is 10.0 Å². The largest absolute Gasteiger partial charge is 0.370 e. The monoisotopic (exact) mass is 512 g/mol. The van der Waals surface area contributed by atoms with Crippen LogP contribution in [0, 0.1) is 5.92 Å². The van der Waals surface area contributed by atoms with E-state index in [4.69, 9.17) is 4.74 Å². The highest BCUT2D eigenvalue weighted by atomic mass is 127. The van der Waals surface area contributed by atoms with Crippen LogP contribution in [0.15, 0.2) is 17.4 Å². The fraction of sp³-hybridized carbons (Fsp3) is 0.750. The highest BCUT2D eigenvalue weighted by molar-refractivity contribution is 14.0. The first-order valence-corrected chi connectivity index (χ1v) is 10.7. The molecule has 0 bridgehead atoms. The molecule has 2 saturated heterocycles. The highest BCUT2D eigenvalue weighted by Crippen LogP contribution is 2.22. The molecule has 2 atom stereocenters. The number of morpholine rings is 1. The van der Waals surface area contributed by atoms with Crippen LogP contribution in [0.4, 0.5) is 0 Å². The van der Waals surface area contributed by atoms with Gasteiger partial charge < -0.3 is 15.0 Å². The summed E-state index contributed by atoms with van der Waals surface area (Å²) in [5.74, 6) is 1.14. The molecule has 0 saturated carbocycles. The second-order valence-electron chi connectivity index (χ2n) is 6.96. The number of nitrogens with zero attached hydrogens (tertiary/aromatic N) is 5. The van der Waals surface area contributed by atoms with Gasteiger partial charge in [0, 0.05) is 52.0 Å². The van der Waals surface area contributed by atoms with Crippen LogP contribution in [0.2, 0.25) is 0 Å². The van der Waals surface area contributed by atoms with Crippen LogP contribution in [0.1, 0.15) is 18.1 Å². The first-order valence-electron chi connectivity index (χ1n) is 8.87. The SMILES string of the molecule is CN=C(NCC1CCN(S(C)(=O)=O)C1)N1CCOC(c2cnn(C)c2)C1.I. The molecule has 27 heavy (non-hydrogen) atoms. The van der Waals surface area contributed by atoms with Crippen LogP contribution < -0.4 is 5.32 Å². The number of hydrogen-bond acceptors (Lipinski definition) is 5. The number of aromatic nitrogens is 2. The Morgan fingerprint density at radius 3 is 2.78 bits per heavy atom. The molecule has 1 N–H and O–H groups in total. The van der Waals surface area contributed by atoms with E-state index in [2.05, 4.69) is 20.3 Å². The molecule has 3 heterocycles. The Morgan fingerprint density at radius 2 is 2.19 bits per heavy atom. The molecule has 9 nitrogen and oxygen atoms in total. The smallest absolute Gasteiger partial charge is 0.211 e. The van der Waals surface area contributed by atoms with Gasteiger partial charge in [0.15, 0.2) is 5.96 Å². The van der Waals surface area contributed by atoms with E-state index in [1.54, 1.807) is 16.0 Å². The predicted octanol–water partition coefficient (Wildman–Crippen LogP) is 0.268. The molecule has 0 aliphatic carbocycles. The molecule has 1 aromatic heterocycles. The van der Waals surface area contributed by atoms with Gasteiger partial charge in [-0.2, -0.15) is 5.10 Å². The van der Waals surface area contributed by atoms with Crippen molar-refractivity contribution in [3.05, 3.63) is 18.0 Å². The Hall–Kier alpha value is -0.920. The van der Waals surface area contributed by atoms with E-state index in [-0.39, 0.29) is 30.1 Å². The lowest BCUT2D eigenvalue weighted by Crippen LogP contribution is -2.49. The van der Waals surface area contributed by atoms with E-state index >= 15 is 0 Å². The Balaban J connectivity index is 0.00000261. The molecule has 0 amide bonds. The molecule has 2 fully saturated rings. The summed E-state index contributed by atoms with van der Waals surface area (Å²) >= 11 is 0. The van der Waals surface area contributed by atoms with Crippen LogP contribution in [0.3, 0.4) is 0 Å². The van der Waals surface area contributed by atoms with E-state index in [1.807, 2.05) is 19.4 Å². The van der Waals surface area contributed by atoms with Crippen molar-refractivity contribution in [2.24, 2.45) is 18.0 Å². The minimum Gasteiger partial charge on any atom is -0.370 e. The quantitative estimate of drug-likeness (QED) is 0.354. The summed E-state index contributed by atoms with van der Waals surface area (Å²) in [5.41, 5.74) is 1.06. The zero-order valence-electron chi connectivity index (χ0n) is 16.0. The summed E-state index contributed by atoms with van der Waals surface area (Å²) < 4.78 is 32.5. The van der Waals surface area contributed by atoms with Crippen molar-refractivity contribution < 1.29 is 13.2 Å². The molecular formula is C16H29IN6O3S. The van der Waals surface area contributed by atoms with Gasteiger partial charge >= 0.3 is 0 Å². The first kappa shape index (κ1) is 22.4. The summed E-state index contributed by atoms with van der Waals surface area (Å²) in [4.78, 5) is 6.58. The number of sulfonamides is 1. The number of guanidine groups is 1. The van der Waals surface area contributed by atoms with Gasteiger partial charge in [0.1, 0.15) is 6.10 Å². The third kappa shape index (κ3) is 5.78. The van der Waals surface area contributed by atoms with Gasteiger partial charge in [-0.15, -0.1) is 24.0 Å². The normalized spacial score (nSPS) is 24.7. The molecule has 3 rings (SSSR count). The average Bonchev–Trinajstić information content (AvgIpc) is 3.24. The number of aryl methyl sites for hydroxylation is 1. The van der Waals surface area contributed by atoms with Gasteiger partial charge in [-0.25, -0.2) is 12.7 Å². The summed E-state index contributed by atoms with van der Waals surface area (Å²) in [6.07, 6.45) is 5.93. The van der Waals surface area contributed by atoms with E-state index in [9.17, 15) is 8.42 Å². The Kier molecular flexibility index (Phi) is 7.89. The third-order valence-corrected chi connectivity index (χ3v) is 6.21. The molecule has 11 heteroatoms. The number of hydrogen-bond donors (Lipinski definition) is 1. The number of rotatable bonds is 4. The van der Waals surface area contributed by atoms with Gasteiger partial charge in [0.25, 0.3) is 0 Å². The Labute approximate surface area is 178 Å². The molecule has 0 aromatic carbocycles. The van der Waals surface area contributed by atoms with Gasteiger partial charge in [-0.1, -0.05) is 0 Å². The number of nitrogens with one attached hydrogen (secondary N) is 1. The maximum Gasteiger partial charge on any atom is 0.211 e. The fourth-order valence-corrected chi connectivity index (χ4v) is 4.40. The zero-order chi connectivity index (χ0) is 18.7. The van der Waals surface area contributed by atoms with Crippen LogP contribution >= 0.6 is 24.0 Å². The molecule has 2 aliphatic heterocycles. The van der Waals surface area contributed by atoms with Crippen LogP contribution in [-0.2, 0) is 21.8 Å². The minimum absolute atomic E-state index is 0. The fourth-order valence-electron chi connectivity index (χ4n) is 3.48. The summed E-state index contributed by atoms with van der Waals surface area (Å²) in [6, 6.07) is 0.